The highest BCUT2D eigenvalue weighted by molar-refractivity contribution is 5.84. The van der Waals surface area contributed by atoms with Crippen molar-refractivity contribution in [1.29, 1.82) is 0 Å². The van der Waals surface area contributed by atoms with E-state index in [-0.39, 0.29) is 11.6 Å². The molecule has 148 valence electrons. The third-order valence-corrected chi connectivity index (χ3v) is 5.26. The highest BCUT2D eigenvalue weighted by Gasteiger charge is 2.24. The van der Waals surface area contributed by atoms with Crippen LogP contribution in [-0.2, 0) is 6.54 Å². The summed E-state index contributed by atoms with van der Waals surface area (Å²) >= 11 is 0. The maximum absolute atomic E-state index is 13.4. The number of nitrogens with zero attached hydrogens (tertiary/aromatic N) is 5. The Bertz CT molecular complexity index is 1070. The van der Waals surface area contributed by atoms with E-state index in [1.807, 2.05) is 6.92 Å². The Morgan fingerprint density at radius 3 is 2.71 bits per heavy atom. The van der Waals surface area contributed by atoms with Crippen LogP contribution in [0.4, 0.5) is 14.7 Å². The molecule has 0 saturated heterocycles. The molecule has 0 unspecified atom stereocenters. The van der Waals surface area contributed by atoms with Gasteiger partial charge in [0.25, 0.3) is 12.0 Å². The summed E-state index contributed by atoms with van der Waals surface area (Å²) < 4.78 is 28.3. The zero-order valence-electron chi connectivity index (χ0n) is 15.8. The Morgan fingerprint density at radius 2 is 2.04 bits per heavy atom. The van der Waals surface area contributed by atoms with Gasteiger partial charge in [-0.2, -0.15) is 10.1 Å². The summed E-state index contributed by atoms with van der Waals surface area (Å²) in [5, 5.41) is 7.70. The molecule has 4 rings (SSSR count). The minimum absolute atomic E-state index is 0.0741. The number of fused-ring (bicyclic) bond motifs is 1. The standard InChI is InChI=1S/C19H22F2N6O/c1-11-14-7-15(12-8-23-26(9-12)10-16(20)21)18(28)27(13-5-3-4-6-13)17(14)25-19(22-2)24-11/h7-9,13,16H,3-6,10H2,1-2H3,(H,22,24,25). The number of halogens is 2. The van der Waals surface area contributed by atoms with Crippen molar-refractivity contribution in [2.45, 2.75) is 51.6 Å². The van der Waals surface area contributed by atoms with Gasteiger partial charge in [-0.1, -0.05) is 12.8 Å². The molecule has 0 aromatic carbocycles. The van der Waals surface area contributed by atoms with E-state index in [0.717, 1.165) is 41.4 Å². The number of aryl methyl sites for hydroxylation is 1. The first-order valence-corrected chi connectivity index (χ1v) is 9.40. The van der Waals surface area contributed by atoms with Gasteiger partial charge in [-0.25, -0.2) is 13.8 Å². The molecule has 0 spiro atoms. The second-order valence-electron chi connectivity index (χ2n) is 7.13. The summed E-state index contributed by atoms with van der Waals surface area (Å²) in [6.07, 6.45) is 4.42. The van der Waals surface area contributed by atoms with Gasteiger partial charge >= 0.3 is 0 Å². The number of alkyl halides is 2. The molecule has 1 fully saturated rings. The van der Waals surface area contributed by atoms with Crippen molar-refractivity contribution in [1.82, 2.24) is 24.3 Å². The molecule has 0 radical (unpaired) electrons. The molecule has 3 aromatic rings. The number of anilines is 1. The van der Waals surface area contributed by atoms with Gasteiger partial charge < -0.3 is 5.32 Å². The van der Waals surface area contributed by atoms with Gasteiger partial charge in [0, 0.05) is 30.2 Å². The average Bonchev–Trinajstić information content (AvgIpc) is 3.33. The van der Waals surface area contributed by atoms with Crippen molar-refractivity contribution < 1.29 is 8.78 Å². The summed E-state index contributed by atoms with van der Waals surface area (Å²) in [5.41, 5.74) is 2.15. The maximum Gasteiger partial charge on any atom is 0.260 e. The molecule has 0 amide bonds. The van der Waals surface area contributed by atoms with Crippen LogP contribution >= 0.6 is 0 Å². The monoisotopic (exact) mass is 388 g/mol. The van der Waals surface area contributed by atoms with E-state index >= 15 is 0 Å². The van der Waals surface area contributed by atoms with E-state index in [1.54, 1.807) is 17.7 Å². The molecule has 7 nitrogen and oxygen atoms in total. The van der Waals surface area contributed by atoms with E-state index in [9.17, 15) is 13.6 Å². The molecule has 1 saturated carbocycles. The van der Waals surface area contributed by atoms with Gasteiger partial charge in [-0.3, -0.25) is 14.0 Å². The normalized spacial score (nSPS) is 15.0. The van der Waals surface area contributed by atoms with E-state index in [1.165, 1.54) is 12.4 Å². The van der Waals surface area contributed by atoms with Crippen molar-refractivity contribution in [2.75, 3.05) is 12.4 Å². The minimum Gasteiger partial charge on any atom is -0.357 e. The van der Waals surface area contributed by atoms with Crippen LogP contribution in [0.1, 0.15) is 37.4 Å². The van der Waals surface area contributed by atoms with Crippen LogP contribution in [0.3, 0.4) is 0 Å². The Balaban J connectivity index is 1.95. The van der Waals surface area contributed by atoms with Crippen molar-refractivity contribution in [3.8, 4) is 11.1 Å². The van der Waals surface area contributed by atoms with Crippen LogP contribution < -0.4 is 10.9 Å². The van der Waals surface area contributed by atoms with Crippen molar-refractivity contribution in [3.05, 3.63) is 34.5 Å². The van der Waals surface area contributed by atoms with Crippen LogP contribution in [0.25, 0.3) is 22.2 Å². The van der Waals surface area contributed by atoms with E-state index in [4.69, 9.17) is 0 Å². The van der Waals surface area contributed by atoms with Crippen LogP contribution in [0, 0.1) is 6.92 Å². The van der Waals surface area contributed by atoms with Crippen LogP contribution in [-0.4, -0.2) is 37.8 Å². The Hall–Kier alpha value is -2.84. The lowest BCUT2D eigenvalue weighted by Crippen LogP contribution is -2.26. The molecule has 28 heavy (non-hydrogen) atoms. The summed E-state index contributed by atoms with van der Waals surface area (Å²) in [7, 11) is 1.74. The molecule has 0 aliphatic heterocycles. The second kappa shape index (κ2) is 7.29. The highest BCUT2D eigenvalue weighted by atomic mass is 19.3. The summed E-state index contributed by atoms with van der Waals surface area (Å²) in [6, 6.07) is 1.83. The molecule has 1 aliphatic carbocycles. The van der Waals surface area contributed by atoms with Crippen molar-refractivity contribution in [2.24, 2.45) is 0 Å². The molecule has 9 heteroatoms. The fraction of sp³-hybridized carbons (Fsp3) is 0.474. The predicted molar refractivity (Wildman–Crippen MR) is 103 cm³/mol. The van der Waals surface area contributed by atoms with Crippen LogP contribution in [0.5, 0.6) is 0 Å². The zero-order valence-corrected chi connectivity index (χ0v) is 15.8. The molecule has 3 aromatic heterocycles. The molecule has 3 heterocycles. The van der Waals surface area contributed by atoms with Gasteiger partial charge in [0.15, 0.2) is 0 Å². The SMILES string of the molecule is CNc1nc(C)c2cc(-c3cnn(CC(F)F)c3)c(=O)n(C3CCCC3)c2n1. The zero-order chi connectivity index (χ0) is 19.8. The van der Waals surface area contributed by atoms with E-state index in [0.29, 0.717) is 22.7 Å². The quantitative estimate of drug-likeness (QED) is 0.725. The Morgan fingerprint density at radius 1 is 1.29 bits per heavy atom. The third kappa shape index (κ3) is 3.25. The van der Waals surface area contributed by atoms with Gasteiger partial charge in [-0.05, 0) is 25.8 Å². The molecule has 0 atom stereocenters. The third-order valence-electron chi connectivity index (χ3n) is 5.26. The Kier molecular flexibility index (Phi) is 4.82. The molecule has 1 aliphatic rings. The van der Waals surface area contributed by atoms with Crippen molar-refractivity contribution in [3.63, 3.8) is 0 Å². The van der Waals surface area contributed by atoms with E-state index in [2.05, 4.69) is 20.4 Å². The first-order chi connectivity index (χ1) is 13.5. The first kappa shape index (κ1) is 18.5. The van der Waals surface area contributed by atoms with Gasteiger partial charge in [0.1, 0.15) is 12.2 Å². The minimum atomic E-state index is -2.50. The molecular weight excluding hydrogens is 366 g/mol. The highest BCUT2D eigenvalue weighted by Crippen LogP contribution is 2.32. The van der Waals surface area contributed by atoms with Crippen LogP contribution in [0.2, 0.25) is 0 Å². The topological polar surface area (TPSA) is 77.6 Å². The predicted octanol–water partition coefficient (Wildman–Crippen LogP) is 3.39. The molecule has 0 bridgehead atoms. The number of rotatable bonds is 5. The lowest BCUT2D eigenvalue weighted by atomic mass is 10.1. The smallest absolute Gasteiger partial charge is 0.260 e. The lowest BCUT2D eigenvalue weighted by molar-refractivity contribution is 0.122. The van der Waals surface area contributed by atoms with Gasteiger partial charge in [0.05, 0.1) is 17.5 Å². The average molecular weight is 388 g/mol. The summed E-state index contributed by atoms with van der Waals surface area (Å²) in [6.45, 7) is 1.37. The first-order valence-electron chi connectivity index (χ1n) is 9.40. The number of pyridine rings is 1. The fourth-order valence-corrected chi connectivity index (χ4v) is 3.91. The summed E-state index contributed by atoms with van der Waals surface area (Å²) in [4.78, 5) is 22.4. The Labute approximate surface area is 160 Å². The maximum atomic E-state index is 13.4. The molecular formula is C19H22F2N6O. The fourth-order valence-electron chi connectivity index (χ4n) is 3.91. The largest absolute Gasteiger partial charge is 0.357 e. The lowest BCUT2D eigenvalue weighted by Gasteiger charge is -2.18. The number of nitrogens with one attached hydrogen (secondary N) is 1. The van der Waals surface area contributed by atoms with Crippen molar-refractivity contribution >= 4 is 17.0 Å². The van der Waals surface area contributed by atoms with Gasteiger partial charge in [-0.15, -0.1) is 0 Å². The second-order valence-corrected chi connectivity index (χ2v) is 7.13. The van der Waals surface area contributed by atoms with Gasteiger partial charge in [0.2, 0.25) is 5.95 Å². The van der Waals surface area contributed by atoms with Crippen LogP contribution in [0.15, 0.2) is 23.3 Å². The number of hydrogen-bond donors (Lipinski definition) is 1. The summed E-state index contributed by atoms with van der Waals surface area (Å²) in [5.74, 6) is 0.466. The number of hydrogen-bond acceptors (Lipinski definition) is 5. The number of aromatic nitrogens is 5. The molecule has 1 N–H and O–H groups in total. The van der Waals surface area contributed by atoms with E-state index < -0.39 is 13.0 Å².